The fraction of sp³-hybridized carbons (Fsp3) is 0.667. The van der Waals surface area contributed by atoms with Crippen molar-refractivity contribution in [1.82, 2.24) is 15.2 Å². The van der Waals surface area contributed by atoms with Crippen molar-refractivity contribution in [3.63, 3.8) is 0 Å². The molecular formula is C9H15ClN4. The van der Waals surface area contributed by atoms with Crippen molar-refractivity contribution in [3.05, 3.63) is 11.5 Å². The second-order valence-corrected chi connectivity index (χ2v) is 3.46. The van der Waals surface area contributed by atoms with E-state index < -0.39 is 0 Å². The quantitative estimate of drug-likeness (QED) is 0.770. The lowest BCUT2D eigenvalue weighted by Crippen LogP contribution is -2.33. The summed E-state index contributed by atoms with van der Waals surface area (Å²) in [5.74, 6) is 0.793. The molecule has 0 aromatic carbocycles. The summed E-state index contributed by atoms with van der Waals surface area (Å²) < 4.78 is 0. The highest BCUT2D eigenvalue weighted by atomic mass is 35.5. The predicted molar refractivity (Wildman–Crippen MR) is 57.6 cm³/mol. The molecule has 0 spiro atoms. The van der Waals surface area contributed by atoms with Crippen LogP contribution in [0.1, 0.15) is 27.2 Å². The highest BCUT2D eigenvalue weighted by molar-refractivity contribution is 6.28. The van der Waals surface area contributed by atoms with E-state index in [1.54, 1.807) is 6.20 Å². The highest BCUT2D eigenvalue weighted by Crippen LogP contribution is 2.15. The van der Waals surface area contributed by atoms with Crippen LogP contribution in [0.15, 0.2) is 6.20 Å². The Bertz CT molecular complexity index is 292. The van der Waals surface area contributed by atoms with Crippen LogP contribution in [0.4, 0.5) is 5.82 Å². The summed E-state index contributed by atoms with van der Waals surface area (Å²) in [6, 6.07) is 0.438. The zero-order chi connectivity index (χ0) is 10.6. The number of rotatable bonds is 4. The molecule has 0 saturated heterocycles. The zero-order valence-electron chi connectivity index (χ0n) is 8.74. The predicted octanol–water partition coefficient (Wildman–Crippen LogP) is 2.15. The number of halogens is 1. The molecule has 1 atom stereocenters. The van der Waals surface area contributed by atoms with Gasteiger partial charge in [-0.15, -0.1) is 5.10 Å². The average Bonchev–Trinajstić information content (AvgIpc) is 2.19. The van der Waals surface area contributed by atoms with Gasteiger partial charge in [-0.3, -0.25) is 0 Å². The minimum atomic E-state index is 0.198. The van der Waals surface area contributed by atoms with Crippen LogP contribution in [0.2, 0.25) is 5.28 Å². The molecule has 0 aliphatic heterocycles. The van der Waals surface area contributed by atoms with Crippen LogP contribution in [0.5, 0.6) is 0 Å². The lowest BCUT2D eigenvalue weighted by Gasteiger charge is -2.27. The molecule has 0 amide bonds. The molecule has 0 aliphatic rings. The Hall–Kier alpha value is -0.900. The van der Waals surface area contributed by atoms with E-state index in [-0.39, 0.29) is 5.28 Å². The monoisotopic (exact) mass is 214 g/mol. The minimum Gasteiger partial charge on any atom is -0.353 e. The second kappa shape index (κ2) is 5.10. The van der Waals surface area contributed by atoms with Crippen molar-refractivity contribution in [2.75, 3.05) is 11.4 Å². The Labute approximate surface area is 89.3 Å². The first-order valence-electron chi connectivity index (χ1n) is 4.80. The van der Waals surface area contributed by atoms with E-state index >= 15 is 0 Å². The molecule has 0 fully saturated rings. The fourth-order valence-electron chi connectivity index (χ4n) is 1.33. The molecule has 1 unspecified atom stereocenters. The molecule has 78 valence electrons. The van der Waals surface area contributed by atoms with Gasteiger partial charge >= 0.3 is 0 Å². The third-order valence-corrected chi connectivity index (χ3v) is 2.44. The molecular weight excluding hydrogens is 200 g/mol. The van der Waals surface area contributed by atoms with Gasteiger partial charge in [-0.25, -0.2) is 0 Å². The summed E-state index contributed by atoms with van der Waals surface area (Å²) in [6.07, 6.45) is 2.71. The molecule has 0 N–H and O–H groups in total. The molecule has 5 heteroatoms. The van der Waals surface area contributed by atoms with Crippen molar-refractivity contribution >= 4 is 17.4 Å². The lowest BCUT2D eigenvalue weighted by molar-refractivity contribution is 0.620. The van der Waals surface area contributed by atoms with E-state index in [1.165, 1.54) is 0 Å². The van der Waals surface area contributed by atoms with Crippen molar-refractivity contribution in [2.24, 2.45) is 0 Å². The standard InChI is InChI=1S/C9H15ClN4/c1-4-7(3)14(5-2)8-6-11-13-9(10)12-8/h6-7H,4-5H2,1-3H3. The highest BCUT2D eigenvalue weighted by Gasteiger charge is 2.12. The largest absolute Gasteiger partial charge is 0.353 e. The fourth-order valence-corrected chi connectivity index (χ4v) is 1.46. The SMILES string of the molecule is CCC(C)N(CC)c1cnnc(Cl)n1. The third-order valence-electron chi connectivity index (χ3n) is 2.28. The van der Waals surface area contributed by atoms with E-state index in [0.29, 0.717) is 6.04 Å². The van der Waals surface area contributed by atoms with Crippen LogP contribution in [0, 0.1) is 0 Å². The first-order valence-corrected chi connectivity index (χ1v) is 5.18. The molecule has 1 aromatic rings. The Kier molecular flexibility index (Phi) is 4.07. The Morgan fingerprint density at radius 1 is 1.50 bits per heavy atom. The Morgan fingerprint density at radius 3 is 2.71 bits per heavy atom. The Balaban J connectivity index is 2.89. The molecule has 0 bridgehead atoms. The lowest BCUT2D eigenvalue weighted by atomic mass is 10.2. The van der Waals surface area contributed by atoms with E-state index in [1.807, 2.05) is 0 Å². The summed E-state index contributed by atoms with van der Waals surface area (Å²) in [5.41, 5.74) is 0. The number of anilines is 1. The van der Waals surface area contributed by atoms with Gasteiger partial charge in [0.2, 0.25) is 5.28 Å². The van der Waals surface area contributed by atoms with E-state index in [9.17, 15) is 0 Å². The zero-order valence-corrected chi connectivity index (χ0v) is 9.49. The van der Waals surface area contributed by atoms with Crippen LogP contribution in [-0.2, 0) is 0 Å². The van der Waals surface area contributed by atoms with Crippen molar-refractivity contribution in [3.8, 4) is 0 Å². The summed E-state index contributed by atoms with van der Waals surface area (Å²) in [7, 11) is 0. The summed E-state index contributed by atoms with van der Waals surface area (Å²) in [5, 5.41) is 7.60. The van der Waals surface area contributed by atoms with E-state index in [4.69, 9.17) is 11.6 Å². The van der Waals surface area contributed by atoms with Crippen molar-refractivity contribution in [1.29, 1.82) is 0 Å². The second-order valence-electron chi connectivity index (χ2n) is 3.13. The van der Waals surface area contributed by atoms with Crippen LogP contribution in [-0.4, -0.2) is 27.8 Å². The molecule has 14 heavy (non-hydrogen) atoms. The minimum absolute atomic E-state index is 0.198. The summed E-state index contributed by atoms with van der Waals surface area (Å²) in [4.78, 5) is 6.28. The van der Waals surface area contributed by atoms with Crippen molar-refractivity contribution < 1.29 is 0 Å². The van der Waals surface area contributed by atoms with Gasteiger partial charge in [0, 0.05) is 12.6 Å². The van der Waals surface area contributed by atoms with Crippen LogP contribution in [0.25, 0.3) is 0 Å². The molecule has 1 rings (SSSR count). The third kappa shape index (κ3) is 2.54. The maximum Gasteiger partial charge on any atom is 0.244 e. The maximum absolute atomic E-state index is 5.68. The molecule has 0 aliphatic carbocycles. The van der Waals surface area contributed by atoms with Gasteiger partial charge in [0.05, 0.1) is 6.20 Å². The first-order chi connectivity index (χ1) is 6.69. The topological polar surface area (TPSA) is 41.9 Å². The maximum atomic E-state index is 5.68. The Morgan fingerprint density at radius 2 is 2.21 bits per heavy atom. The van der Waals surface area contributed by atoms with Crippen LogP contribution >= 0.6 is 11.6 Å². The summed E-state index contributed by atoms with van der Waals surface area (Å²) >= 11 is 5.68. The molecule has 0 radical (unpaired) electrons. The van der Waals surface area contributed by atoms with Gasteiger partial charge < -0.3 is 4.90 Å². The smallest absolute Gasteiger partial charge is 0.244 e. The van der Waals surface area contributed by atoms with Gasteiger partial charge in [0.25, 0.3) is 0 Å². The molecule has 1 aromatic heterocycles. The molecule has 0 saturated carbocycles. The van der Waals surface area contributed by atoms with Crippen LogP contribution < -0.4 is 4.90 Å². The van der Waals surface area contributed by atoms with Gasteiger partial charge in [-0.05, 0) is 31.9 Å². The van der Waals surface area contributed by atoms with E-state index in [2.05, 4.69) is 40.9 Å². The van der Waals surface area contributed by atoms with Crippen molar-refractivity contribution in [2.45, 2.75) is 33.2 Å². The number of nitrogens with zero attached hydrogens (tertiary/aromatic N) is 4. The summed E-state index contributed by atoms with van der Waals surface area (Å²) in [6.45, 7) is 7.27. The van der Waals surface area contributed by atoms with Gasteiger partial charge in [0.15, 0.2) is 5.82 Å². The van der Waals surface area contributed by atoms with Crippen LogP contribution in [0.3, 0.4) is 0 Å². The van der Waals surface area contributed by atoms with Gasteiger partial charge in [-0.2, -0.15) is 10.1 Å². The number of aromatic nitrogens is 3. The number of hydrogen-bond donors (Lipinski definition) is 0. The normalized spacial score (nSPS) is 12.6. The number of hydrogen-bond acceptors (Lipinski definition) is 4. The van der Waals surface area contributed by atoms with Gasteiger partial charge in [0.1, 0.15) is 0 Å². The molecule has 4 nitrogen and oxygen atoms in total. The molecule has 1 heterocycles. The van der Waals surface area contributed by atoms with E-state index in [0.717, 1.165) is 18.8 Å². The average molecular weight is 215 g/mol. The first kappa shape index (κ1) is 11.2. The van der Waals surface area contributed by atoms with Gasteiger partial charge in [-0.1, -0.05) is 6.92 Å².